The Morgan fingerprint density at radius 1 is 1.40 bits per heavy atom. The zero-order chi connectivity index (χ0) is 14.4. The topological polar surface area (TPSA) is 41.1 Å². The molecule has 1 saturated heterocycles. The maximum Gasteiger partial charge on any atom is 0.222 e. The standard InChI is InChI=1S/C16H24N2OS/c1-12(2)16(13-6-4-3-5-7-13)18-15(19)10-14-11-20-9-8-17-14/h3-7,12,14,16-17H,8-11H2,1-2H3,(H,18,19). The molecule has 0 saturated carbocycles. The largest absolute Gasteiger partial charge is 0.349 e. The lowest BCUT2D eigenvalue weighted by Crippen LogP contribution is -2.42. The van der Waals surface area contributed by atoms with Crippen LogP contribution < -0.4 is 10.6 Å². The van der Waals surface area contributed by atoms with Crippen molar-refractivity contribution in [1.82, 2.24) is 10.6 Å². The van der Waals surface area contributed by atoms with Crippen molar-refractivity contribution in [3.8, 4) is 0 Å². The Labute approximate surface area is 125 Å². The first-order valence-electron chi connectivity index (χ1n) is 7.32. The monoisotopic (exact) mass is 292 g/mol. The van der Waals surface area contributed by atoms with Crippen molar-refractivity contribution in [2.24, 2.45) is 5.92 Å². The minimum absolute atomic E-state index is 0.0972. The predicted molar refractivity (Wildman–Crippen MR) is 85.9 cm³/mol. The van der Waals surface area contributed by atoms with Crippen molar-refractivity contribution in [2.45, 2.75) is 32.4 Å². The molecule has 2 rings (SSSR count). The summed E-state index contributed by atoms with van der Waals surface area (Å²) in [5, 5.41) is 6.60. The highest BCUT2D eigenvalue weighted by atomic mass is 32.2. The number of nitrogens with one attached hydrogen (secondary N) is 2. The molecule has 1 fully saturated rings. The molecule has 1 amide bonds. The molecule has 0 aromatic heterocycles. The van der Waals surface area contributed by atoms with Crippen LogP contribution in [0.1, 0.15) is 31.9 Å². The molecule has 0 radical (unpaired) electrons. The van der Waals surface area contributed by atoms with Gasteiger partial charge >= 0.3 is 0 Å². The lowest BCUT2D eigenvalue weighted by Gasteiger charge is -2.26. The number of rotatable bonds is 5. The molecule has 1 aliphatic rings. The molecule has 110 valence electrons. The van der Waals surface area contributed by atoms with Gasteiger partial charge in [0.05, 0.1) is 6.04 Å². The first kappa shape index (κ1) is 15.4. The lowest BCUT2D eigenvalue weighted by molar-refractivity contribution is -0.122. The number of carbonyl (C=O) groups excluding carboxylic acids is 1. The molecular weight excluding hydrogens is 268 g/mol. The van der Waals surface area contributed by atoms with Crippen LogP contribution in [0.3, 0.4) is 0 Å². The summed E-state index contributed by atoms with van der Waals surface area (Å²) in [5.74, 6) is 2.71. The van der Waals surface area contributed by atoms with E-state index in [-0.39, 0.29) is 11.9 Å². The van der Waals surface area contributed by atoms with Crippen molar-refractivity contribution in [3.63, 3.8) is 0 Å². The van der Waals surface area contributed by atoms with Crippen LogP contribution in [0, 0.1) is 5.92 Å². The Morgan fingerprint density at radius 3 is 2.75 bits per heavy atom. The van der Waals surface area contributed by atoms with E-state index in [1.165, 1.54) is 5.56 Å². The Bertz CT molecular complexity index is 416. The summed E-state index contributed by atoms with van der Waals surface area (Å²) in [6.07, 6.45) is 0.572. The number of hydrogen-bond donors (Lipinski definition) is 2. The Kier molecular flexibility index (Phi) is 5.92. The summed E-state index contributed by atoms with van der Waals surface area (Å²) in [7, 11) is 0. The Morgan fingerprint density at radius 2 is 2.15 bits per heavy atom. The van der Waals surface area contributed by atoms with Crippen molar-refractivity contribution >= 4 is 17.7 Å². The van der Waals surface area contributed by atoms with Crippen molar-refractivity contribution < 1.29 is 4.79 Å². The van der Waals surface area contributed by atoms with Gasteiger partial charge in [0.2, 0.25) is 5.91 Å². The molecule has 2 N–H and O–H groups in total. The minimum Gasteiger partial charge on any atom is -0.349 e. The van der Waals surface area contributed by atoms with Crippen LogP contribution >= 0.6 is 11.8 Å². The van der Waals surface area contributed by atoms with Gasteiger partial charge in [0.25, 0.3) is 0 Å². The van der Waals surface area contributed by atoms with Gasteiger partial charge in [-0.15, -0.1) is 0 Å². The van der Waals surface area contributed by atoms with E-state index >= 15 is 0 Å². The first-order chi connectivity index (χ1) is 9.66. The average molecular weight is 292 g/mol. The fraction of sp³-hybridized carbons (Fsp3) is 0.562. The molecular formula is C16H24N2OS. The van der Waals surface area contributed by atoms with Gasteiger partial charge in [0.1, 0.15) is 0 Å². The highest BCUT2D eigenvalue weighted by molar-refractivity contribution is 7.99. The number of benzene rings is 1. The van der Waals surface area contributed by atoms with Gasteiger partial charge in [-0.3, -0.25) is 4.79 Å². The van der Waals surface area contributed by atoms with Crippen LogP contribution in [0.2, 0.25) is 0 Å². The van der Waals surface area contributed by atoms with E-state index < -0.39 is 0 Å². The normalized spacial score (nSPS) is 20.6. The van der Waals surface area contributed by atoms with Crippen LogP contribution in [0.4, 0.5) is 0 Å². The molecule has 3 nitrogen and oxygen atoms in total. The van der Waals surface area contributed by atoms with Crippen LogP contribution in [0.5, 0.6) is 0 Å². The fourth-order valence-electron chi connectivity index (χ4n) is 2.50. The van der Waals surface area contributed by atoms with Crippen LogP contribution in [0.25, 0.3) is 0 Å². The van der Waals surface area contributed by atoms with Gasteiger partial charge in [-0.1, -0.05) is 44.2 Å². The quantitative estimate of drug-likeness (QED) is 0.876. The fourth-order valence-corrected chi connectivity index (χ4v) is 3.45. The zero-order valence-electron chi connectivity index (χ0n) is 12.3. The van der Waals surface area contributed by atoms with Crippen molar-refractivity contribution in [2.75, 3.05) is 18.1 Å². The molecule has 1 heterocycles. The second-order valence-corrected chi connectivity index (χ2v) is 6.78. The smallest absolute Gasteiger partial charge is 0.222 e. The summed E-state index contributed by atoms with van der Waals surface area (Å²) in [5.41, 5.74) is 1.18. The molecule has 0 spiro atoms. The predicted octanol–water partition coefficient (Wildman–Crippen LogP) is 2.60. The van der Waals surface area contributed by atoms with Crippen molar-refractivity contribution in [3.05, 3.63) is 35.9 Å². The molecule has 1 aliphatic heterocycles. The van der Waals surface area contributed by atoms with Crippen LogP contribution in [-0.4, -0.2) is 30.0 Å². The van der Waals surface area contributed by atoms with E-state index in [1.807, 2.05) is 30.0 Å². The summed E-state index contributed by atoms with van der Waals surface area (Å²) < 4.78 is 0. The third-order valence-corrected chi connectivity index (χ3v) is 4.70. The summed E-state index contributed by atoms with van der Waals surface area (Å²) >= 11 is 1.92. The van der Waals surface area contributed by atoms with Crippen molar-refractivity contribution in [1.29, 1.82) is 0 Å². The highest BCUT2D eigenvalue weighted by Crippen LogP contribution is 2.21. The molecule has 1 aromatic rings. The second-order valence-electron chi connectivity index (χ2n) is 5.63. The summed E-state index contributed by atoms with van der Waals surface area (Å²) in [6, 6.07) is 10.6. The SMILES string of the molecule is CC(C)C(NC(=O)CC1CSCCN1)c1ccccc1. The minimum atomic E-state index is 0.0972. The van der Waals surface area contributed by atoms with Crippen LogP contribution in [0.15, 0.2) is 30.3 Å². The number of amides is 1. The summed E-state index contributed by atoms with van der Waals surface area (Å²) in [6.45, 7) is 5.30. The lowest BCUT2D eigenvalue weighted by atomic mass is 9.96. The second kappa shape index (κ2) is 7.70. The van der Waals surface area contributed by atoms with Gasteiger partial charge in [0.15, 0.2) is 0 Å². The molecule has 2 atom stereocenters. The van der Waals surface area contributed by atoms with Gasteiger partial charge in [-0.2, -0.15) is 11.8 Å². The van der Waals surface area contributed by atoms with E-state index in [0.717, 1.165) is 18.1 Å². The van der Waals surface area contributed by atoms with E-state index in [2.05, 4.69) is 36.6 Å². The van der Waals surface area contributed by atoms with E-state index in [1.54, 1.807) is 0 Å². The number of hydrogen-bond acceptors (Lipinski definition) is 3. The maximum absolute atomic E-state index is 12.2. The van der Waals surface area contributed by atoms with Crippen LogP contribution in [-0.2, 0) is 4.79 Å². The molecule has 4 heteroatoms. The first-order valence-corrected chi connectivity index (χ1v) is 8.47. The molecule has 1 aromatic carbocycles. The van der Waals surface area contributed by atoms with E-state index in [0.29, 0.717) is 18.4 Å². The summed E-state index contributed by atoms with van der Waals surface area (Å²) in [4.78, 5) is 12.2. The van der Waals surface area contributed by atoms with Gasteiger partial charge in [0, 0.05) is 30.5 Å². The van der Waals surface area contributed by atoms with Gasteiger partial charge in [-0.25, -0.2) is 0 Å². The average Bonchev–Trinajstić information content (AvgIpc) is 2.46. The van der Waals surface area contributed by atoms with E-state index in [9.17, 15) is 4.79 Å². The third-order valence-electron chi connectivity index (χ3n) is 3.57. The van der Waals surface area contributed by atoms with E-state index in [4.69, 9.17) is 0 Å². The number of thioether (sulfide) groups is 1. The molecule has 0 aliphatic carbocycles. The van der Waals surface area contributed by atoms with Gasteiger partial charge < -0.3 is 10.6 Å². The van der Waals surface area contributed by atoms with Gasteiger partial charge in [-0.05, 0) is 11.5 Å². The number of carbonyl (C=O) groups is 1. The third kappa shape index (κ3) is 4.53. The molecule has 0 bridgehead atoms. The molecule has 2 unspecified atom stereocenters. The molecule has 20 heavy (non-hydrogen) atoms. The zero-order valence-corrected chi connectivity index (χ0v) is 13.1. The Hall–Kier alpha value is -1.00. The Balaban J connectivity index is 1.92. The highest BCUT2D eigenvalue weighted by Gasteiger charge is 2.21. The maximum atomic E-state index is 12.2.